The molecule has 0 radical (unpaired) electrons. The lowest BCUT2D eigenvalue weighted by molar-refractivity contribution is -0.141. The predicted octanol–water partition coefficient (Wildman–Crippen LogP) is 1.65. The van der Waals surface area contributed by atoms with Gasteiger partial charge >= 0.3 is 5.97 Å². The van der Waals surface area contributed by atoms with Crippen LogP contribution in [0.1, 0.15) is 19.4 Å². The van der Waals surface area contributed by atoms with Gasteiger partial charge in [0.05, 0.1) is 5.75 Å². The summed E-state index contributed by atoms with van der Waals surface area (Å²) < 4.78 is 0. The minimum atomic E-state index is -1.07. The number of phenolic OH excluding ortho intramolecular Hbond substituents is 1. The standard InChI is InChI=1S/C14H19NO4S/c1-9(2)20-8-13(17)15-12(14(18)19)7-10-3-5-11(16)6-4-10/h3-6,9,12,16H,7-8H2,1-2H3,(H,15,17)(H,18,19)/t12-/m1/s1. The molecule has 1 aromatic rings. The number of benzene rings is 1. The predicted molar refractivity (Wildman–Crippen MR) is 79.0 cm³/mol. The second-order valence-electron chi connectivity index (χ2n) is 4.69. The van der Waals surface area contributed by atoms with Gasteiger partial charge < -0.3 is 15.5 Å². The Morgan fingerprint density at radius 1 is 1.25 bits per heavy atom. The van der Waals surface area contributed by atoms with Gasteiger partial charge in [-0.1, -0.05) is 26.0 Å². The maximum atomic E-state index is 11.7. The first-order valence-electron chi connectivity index (χ1n) is 6.30. The highest BCUT2D eigenvalue weighted by atomic mass is 32.2. The molecule has 0 aromatic heterocycles. The molecule has 0 saturated heterocycles. The molecule has 0 bridgehead atoms. The van der Waals surface area contributed by atoms with Crippen LogP contribution in [0.3, 0.4) is 0 Å². The molecule has 0 unspecified atom stereocenters. The van der Waals surface area contributed by atoms with Crippen molar-refractivity contribution >= 4 is 23.6 Å². The van der Waals surface area contributed by atoms with Crippen molar-refractivity contribution in [3.63, 3.8) is 0 Å². The van der Waals surface area contributed by atoms with Gasteiger partial charge in [-0.05, 0) is 22.9 Å². The number of rotatable bonds is 7. The number of carboxylic acid groups (broad SMARTS) is 1. The topological polar surface area (TPSA) is 86.6 Å². The van der Waals surface area contributed by atoms with Crippen LogP contribution >= 0.6 is 11.8 Å². The smallest absolute Gasteiger partial charge is 0.326 e. The number of carbonyl (C=O) groups is 2. The van der Waals surface area contributed by atoms with Gasteiger partial charge in [0.2, 0.25) is 5.91 Å². The van der Waals surface area contributed by atoms with Crippen LogP contribution in [0.5, 0.6) is 5.75 Å². The van der Waals surface area contributed by atoms with E-state index < -0.39 is 12.0 Å². The molecule has 5 nitrogen and oxygen atoms in total. The first-order valence-corrected chi connectivity index (χ1v) is 7.35. The molecule has 6 heteroatoms. The van der Waals surface area contributed by atoms with Crippen molar-refractivity contribution in [2.45, 2.75) is 31.6 Å². The molecule has 0 aliphatic heterocycles. The molecule has 0 heterocycles. The third-order valence-electron chi connectivity index (χ3n) is 2.56. The Bertz CT molecular complexity index is 459. The Hall–Kier alpha value is -1.69. The average Bonchev–Trinajstić information content (AvgIpc) is 2.38. The number of phenols is 1. The summed E-state index contributed by atoms with van der Waals surface area (Å²) in [5.74, 6) is -0.981. The van der Waals surface area contributed by atoms with Crippen molar-refractivity contribution in [1.82, 2.24) is 5.32 Å². The minimum absolute atomic E-state index is 0.123. The van der Waals surface area contributed by atoms with E-state index in [0.717, 1.165) is 5.56 Å². The van der Waals surface area contributed by atoms with E-state index in [4.69, 9.17) is 5.11 Å². The van der Waals surface area contributed by atoms with Crippen molar-refractivity contribution in [2.24, 2.45) is 0 Å². The minimum Gasteiger partial charge on any atom is -0.508 e. The molecular weight excluding hydrogens is 278 g/mol. The SMILES string of the molecule is CC(C)SCC(=O)N[C@H](Cc1ccc(O)cc1)C(=O)O. The van der Waals surface area contributed by atoms with Gasteiger partial charge in [-0.25, -0.2) is 4.79 Å². The summed E-state index contributed by atoms with van der Waals surface area (Å²) in [7, 11) is 0. The monoisotopic (exact) mass is 297 g/mol. The van der Waals surface area contributed by atoms with E-state index in [1.807, 2.05) is 13.8 Å². The van der Waals surface area contributed by atoms with Crippen molar-refractivity contribution in [2.75, 3.05) is 5.75 Å². The molecule has 1 aromatic carbocycles. The molecular formula is C14H19NO4S. The summed E-state index contributed by atoms with van der Waals surface area (Å²) in [4.78, 5) is 22.8. The summed E-state index contributed by atoms with van der Waals surface area (Å²) >= 11 is 1.46. The molecule has 3 N–H and O–H groups in total. The Morgan fingerprint density at radius 3 is 2.35 bits per heavy atom. The van der Waals surface area contributed by atoms with E-state index in [-0.39, 0.29) is 23.8 Å². The van der Waals surface area contributed by atoms with Crippen LogP contribution in [0.15, 0.2) is 24.3 Å². The number of amides is 1. The molecule has 0 aliphatic rings. The lowest BCUT2D eigenvalue weighted by Gasteiger charge is -2.15. The largest absolute Gasteiger partial charge is 0.508 e. The van der Waals surface area contributed by atoms with Gasteiger partial charge in [0.25, 0.3) is 0 Å². The van der Waals surface area contributed by atoms with Crippen LogP contribution in [0.4, 0.5) is 0 Å². The van der Waals surface area contributed by atoms with E-state index in [0.29, 0.717) is 5.25 Å². The van der Waals surface area contributed by atoms with Crippen molar-refractivity contribution in [1.29, 1.82) is 0 Å². The number of hydrogen-bond acceptors (Lipinski definition) is 4. The molecule has 110 valence electrons. The maximum Gasteiger partial charge on any atom is 0.326 e. The third kappa shape index (κ3) is 5.97. The molecule has 0 aliphatic carbocycles. The number of aliphatic carboxylic acids is 1. The molecule has 0 spiro atoms. The van der Waals surface area contributed by atoms with Gasteiger partial charge in [-0.3, -0.25) is 4.79 Å². The second-order valence-corrected chi connectivity index (χ2v) is 6.25. The number of hydrogen-bond donors (Lipinski definition) is 3. The third-order valence-corrected chi connectivity index (χ3v) is 3.65. The Labute approximate surface area is 122 Å². The van der Waals surface area contributed by atoms with Crippen LogP contribution in [0, 0.1) is 0 Å². The van der Waals surface area contributed by atoms with Gasteiger partial charge in [-0.15, -0.1) is 11.8 Å². The Kier molecular flexibility index (Phi) is 6.38. The second kappa shape index (κ2) is 7.79. The van der Waals surface area contributed by atoms with Crippen molar-refractivity contribution in [3.8, 4) is 5.75 Å². The van der Waals surface area contributed by atoms with Gasteiger partial charge in [0.15, 0.2) is 0 Å². The summed E-state index contributed by atoms with van der Waals surface area (Å²) in [5, 5.41) is 21.2. The molecule has 1 amide bonds. The zero-order chi connectivity index (χ0) is 15.1. The maximum absolute atomic E-state index is 11.7. The van der Waals surface area contributed by atoms with E-state index in [1.165, 1.54) is 23.9 Å². The number of aromatic hydroxyl groups is 1. The average molecular weight is 297 g/mol. The molecule has 0 fully saturated rings. The molecule has 1 rings (SSSR count). The number of carboxylic acids is 1. The molecule has 0 saturated carbocycles. The molecule has 1 atom stereocenters. The van der Waals surface area contributed by atoms with Gasteiger partial charge in [-0.2, -0.15) is 0 Å². The fourth-order valence-corrected chi connectivity index (χ4v) is 2.11. The lowest BCUT2D eigenvalue weighted by Crippen LogP contribution is -2.43. The van der Waals surface area contributed by atoms with Crippen LogP contribution < -0.4 is 5.32 Å². The van der Waals surface area contributed by atoms with Gasteiger partial charge in [0.1, 0.15) is 11.8 Å². The first-order chi connectivity index (χ1) is 9.38. The fourth-order valence-electron chi connectivity index (χ4n) is 1.55. The fraction of sp³-hybridized carbons (Fsp3) is 0.429. The summed E-state index contributed by atoms with van der Waals surface area (Å²) in [5.41, 5.74) is 0.743. The van der Waals surface area contributed by atoms with Crippen molar-refractivity contribution < 1.29 is 19.8 Å². The van der Waals surface area contributed by atoms with E-state index in [1.54, 1.807) is 12.1 Å². The van der Waals surface area contributed by atoms with E-state index in [2.05, 4.69) is 5.32 Å². The van der Waals surface area contributed by atoms with Crippen LogP contribution in [-0.4, -0.2) is 39.1 Å². The Balaban J connectivity index is 2.58. The summed E-state index contributed by atoms with van der Waals surface area (Å²) in [6.07, 6.45) is 0.188. The number of thioether (sulfide) groups is 1. The van der Waals surface area contributed by atoms with Crippen LogP contribution in [0.2, 0.25) is 0 Å². The van der Waals surface area contributed by atoms with Crippen LogP contribution in [-0.2, 0) is 16.0 Å². The highest BCUT2D eigenvalue weighted by molar-refractivity contribution is 8.00. The van der Waals surface area contributed by atoms with Crippen LogP contribution in [0.25, 0.3) is 0 Å². The van der Waals surface area contributed by atoms with E-state index in [9.17, 15) is 14.7 Å². The first kappa shape index (κ1) is 16.4. The molecule has 20 heavy (non-hydrogen) atoms. The zero-order valence-electron chi connectivity index (χ0n) is 11.5. The summed E-state index contributed by atoms with van der Waals surface area (Å²) in [6.45, 7) is 3.95. The normalized spacial score (nSPS) is 12.2. The highest BCUT2D eigenvalue weighted by Gasteiger charge is 2.20. The lowest BCUT2D eigenvalue weighted by atomic mass is 10.1. The number of carbonyl (C=O) groups excluding carboxylic acids is 1. The van der Waals surface area contributed by atoms with E-state index >= 15 is 0 Å². The Morgan fingerprint density at radius 2 is 1.85 bits per heavy atom. The highest BCUT2D eigenvalue weighted by Crippen LogP contribution is 2.12. The quantitative estimate of drug-likeness (QED) is 0.712. The number of nitrogens with one attached hydrogen (secondary N) is 1. The van der Waals surface area contributed by atoms with Crippen molar-refractivity contribution in [3.05, 3.63) is 29.8 Å². The summed E-state index contributed by atoms with van der Waals surface area (Å²) in [6, 6.07) is 5.30. The van der Waals surface area contributed by atoms with Gasteiger partial charge in [0, 0.05) is 6.42 Å². The zero-order valence-corrected chi connectivity index (χ0v) is 12.3.